The molecule has 1 saturated heterocycles. The van der Waals surface area contributed by atoms with E-state index < -0.39 is 0 Å². The van der Waals surface area contributed by atoms with Crippen molar-refractivity contribution < 1.29 is 9.53 Å². The summed E-state index contributed by atoms with van der Waals surface area (Å²) in [5, 5.41) is 4.37. The van der Waals surface area contributed by atoms with E-state index in [1.54, 1.807) is 18.0 Å². The molecule has 1 aliphatic heterocycles. The molecule has 3 aromatic rings. The first-order valence-electron chi connectivity index (χ1n) is 11.1. The second-order valence-electron chi connectivity index (χ2n) is 8.58. The fraction of sp³-hybridized carbons (Fsp3) is 0.417. The van der Waals surface area contributed by atoms with Gasteiger partial charge in [0.2, 0.25) is 5.95 Å². The number of nitrogens with one attached hydrogen (secondary N) is 1. The van der Waals surface area contributed by atoms with Crippen molar-refractivity contribution in [3.63, 3.8) is 0 Å². The molecule has 8 heteroatoms. The summed E-state index contributed by atoms with van der Waals surface area (Å²) in [6.45, 7) is 3.03. The van der Waals surface area contributed by atoms with Gasteiger partial charge in [0.1, 0.15) is 0 Å². The smallest absolute Gasteiger partial charge is 0.257 e. The van der Waals surface area contributed by atoms with Crippen LogP contribution in [0.15, 0.2) is 41.3 Å². The summed E-state index contributed by atoms with van der Waals surface area (Å²) in [6, 6.07) is 10.2. The zero-order chi connectivity index (χ0) is 22.3. The maximum absolute atomic E-state index is 13.3. The third-order valence-corrected chi connectivity index (χ3v) is 6.92. The average Bonchev–Trinajstić information content (AvgIpc) is 3.46. The number of aromatic nitrogens is 4. The Bertz CT molecular complexity index is 1210. The van der Waals surface area contributed by atoms with E-state index in [0.29, 0.717) is 30.3 Å². The van der Waals surface area contributed by atoms with Gasteiger partial charge in [0.15, 0.2) is 0 Å². The van der Waals surface area contributed by atoms with Crippen LogP contribution in [0, 0.1) is 6.92 Å². The molecule has 0 bridgehead atoms. The number of carbonyl (C=O) groups excluding carboxylic acids is 1. The number of nitrogens with zero attached hydrogens (tertiary/aromatic N) is 4. The normalized spacial score (nSPS) is 17.4. The molecule has 32 heavy (non-hydrogen) atoms. The zero-order valence-corrected chi connectivity index (χ0v) is 18.4. The minimum atomic E-state index is -0.370. The first-order chi connectivity index (χ1) is 15.5. The van der Waals surface area contributed by atoms with Crippen LogP contribution < -0.4 is 5.56 Å². The van der Waals surface area contributed by atoms with E-state index in [0.717, 1.165) is 48.9 Å². The first kappa shape index (κ1) is 20.6. The molecular formula is C24H27N5O3. The molecule has 2 aliphatic rings. The van der Waals surface area contributed by atoms with Gasteiger partial charge in [0, 0.05) is 25.8 Å². The second kappa shape index (κ2) is 8.02. The summed E-state index contributed by atoms with van der Waals surface area (Å²) < 4.78 is 7.49. The maximum atomic E-state index is 13.3. The minimum absolute atomic E-state index is 0.0602. The van der Waals surface area contributed by atoms with Gasteiger partial charge in [-0.25, -0.2) is 9.67 Å². The number of aromatic amines is 1. The third-order valence-electron chi connectivity index (χ3n) is 6.92. The van der Waals surface area contributed by atoms with Crippen molar-refractivity contribution in [3.05, 3.63) is 75.0 Å². The summed E-state index contributed by atoms with van der Waals surface area (Å²) in [5.74, 6) is 0.309. The molecule has 1 aliphatic carbocycles. The van der Waals surface area contributed by atoms with Crippen molar-refractivity contribution in [1.82, 2.24) is 24.6 Å². The van der Waals surface area contributed by atoms with Gasteiger partial charge >= 0.3 is 0 Å². The number of H-pyrrole nitrogens is 1. The highest BCUT2D eigenvalue weighted by atomic mass is 16.5. The lowest BCUT2D eigenvalue weighted by molar-refractivity contribution is -0.0574. The molecule has 1 amide bonds. The zero-order valence-electron chi connectivity index (χ0n) is 18.4. The lowest BCUT2D eigenvalue weighted by atomic mass is 9.84. The molecule has 0 radical (unpaired) electrons. The van der Waals surface area contributed by atoms with Crippen LogP contribution in [-0.2, 0) is 23.2 Å². The lowest BCUT2D eigenvalue weighted by Gasteiger charge is -2.41. The van der Waals surface area contributed by atoms with Crippen molar-refractivity contribution in [2.45, 2.75) is 44.6 Å². The Morgan fingerprint density at radius 3 is 2.62 bits per heavy atom. The molecule has 3 heterocycles. The van der Waals surface area contributed by atoms with E-state index in [9.17, 15) is 9.59 Å². The average molecular weight is 434 g/mol. The van der Waals surface area contributed by atoms with Crippen molar-refractivity contribution in [2.75, 3.05) is 20.2 Å². The molecule has 1 fully saturated rings. The highest BCUT2D eigenvalue weighted by Crippen LogP contribution is 2.36. The number of ether oxygens (including phenoxy) is 1. The van der Waals surface area contributed by atoms with Gasteiger partial charge in [-0.3, -0.25) is 14.6 Å². The topological polar surface area (TPSA) is 93.1 Å². The molecule has 0 saturated carbocycles. The number of likely N-dealkylation sites (tertiary alicyclic amines) is 1. The molecule has 5 rings (SSSR count). The van der Waals surface area contributed by atoms with Crippen molar-refractivity contribution in [2.24, 2.45) is 0 Å². The van der Waals surface area contributed by atoms with E-state index in [4.69, 9.17) is 4.74 Å². The Balaban J connectivity index is 1.36. The predicted molar refractivity (Wildman–Crippen MR) is 119 cm³/mol. The number of carbonyl (C=O) groups is 1. The van der Waals surface area contributed by atoms with Gasteiger partial charge in [0.05, 0.1) is 28.7 Å². The van der Waals surface area contributed by atoms with Crippen LogP contribution in [0.2, 0.25) is 0 Å². The van der Waals surface area contributed by atoms with Crippen LogP contribution in [0.3, 0.4) is 0 Å². The summed E-state index contributed by atoms with van der Waals surface area (Å²) >= 11 is 0. The largest absolute Gasteiger partial charge is 0.373 e. The third kappa shape index (κ3) is 3.35. The fourth-order valence-corrected chi connectivity index (χ4v) is 4.96. The number of piperidine rings is 1. The highest BCUT2D eigenvalue weighted by Gasteiger charge is 2.38. The number of amides is 1. The van der Waals surface area contributed by atoms with Gasteiger partial charge in [-0.1, -0.05) is 30.3 Å². The summed E-state index contributed by atoms with van der Waals surface area (Å²) in [7, 11) is 1.74. The highest BCUT2D eigenvalue weighted by molar-refractivity contribution is 5.95. The maximum Gasteiger partial charge on any atom is 0.257 e. The quantitative estimate of drug-likeness (QED) is 0.683. The van der Waals surface area contributed by atoms with Gasteiger partial charge in [0.25, 0.3) is 11.5 Å². The van der Waals surface area contributed by atoms with E-state index in [2.05, 4.69) is 27.2 Å². The number of benzene rings is 1. The summed E-state index contributed by atoms with van der Waals surface area (Å²) in [6.07, 6.45) is 5.53. The molecule has 8 nitrogen and oxygen atoms in total. The van der Waals surface area contributed by atoms with E-state index in [-0.39, 0.29) is 17.1 Å². The molecule has 166 valence electrons. The van der Waals surface area contributed by atoms with Crippen molar-refractivity contribution in [1.29, 1.82) is 0 Å². The molecule has 1 aromatic carbocycles. The van der Waals surface area contributed by atoms with E-state index >= 15 is 0 Å². The Labute approximate surface area is 186 Å². The van der Waals surface area contributed by atoms with Crippen molar-refractivity contribution >= 4 is 5.91 Å². The number of aryl methyl sites for hydroxylation is 1. The van der Waals surface area contributed by atoms with Crippen LogP contribution >= 0.6 is 0 Å². The fourth-order valence-electron chi connectivity index (χ4n) is 4.96. The first-order valence-corrected chi connectivity index (χ1v) is 11.1. The van der Waals surface area contributed by atoms with Crippen LogP contribution in [-0.4, -0.2) is 50.8 Å². The SMILES string of the molecule is COC1(c2ccccc2)CCN(C(=O)c2cnn(-c3nc4c(c(=O)[nH]3)CCC4)c2C)CC1. The molecule has 0 unspecified atom stereocenters. The Kier molecular flexibility index (Phi) is 5.17. The molecule has 1 N–H and O–H groups in total. The van der Waals surface area contributed by atoms with Gasteiger partial charge in [-0.2, -0.15) is 5.10 Å². The monoisotopic (exact) mass is 433 g/mol. The molecule has 0 spiro atoms. The van der Waals surface area contributed by atoms with Gasteiger partial charge in [-0.05, 0) is 44.6 Å². The Morgan fingerprint density at radius 1 is 1.16 bits per heavy atom. The summed E-state index contributed by atoms with van der Waals surface area (Å²) in [5.41, 5.74) is 3.46. The van der Waals surface area contributed by atoms with Crippen LogP contribution in [0.4, 0.5) is 0 Å². The number of rotatable bonds is 4. The van der Waals surface area contributed by atoms with E-state index in [1.165, 1.54) is 0 Å². The van der Waals surface area contributed by atoms with Gasteiger partial charge < -0.3 is 9.64 Å². The number of methoxy groups -OCH3 is 1. The summed E-state index contributed by atoms with van der Waals surface area (Å²) in [4.78, 5) is 35.0. The van der Waals surface area contributed by atoms with E-state index in [1.807, 2.05) is 30.0 Å². The molecule has 2 aromatic heterocycles. The molecular weight excluding hydrogens is 406 g/mol. The number of fused-ring (bicyclic) bond motifs is 1. The molecule has 0 atom stereocenters. The van der Waals surface area contributed by atoms with Crippen LogP contribution in [0.25, 0.3) is 5.95 Å². The van der Waals surface area contributed by atoms with Gasteiger partial charge in [-0.15, -0.1) is 0 Å². The Hall–Kier alpha value is -3.26. The number of hydrogen-bond acceptors (Lipinski definition) is 5. The van der Waals surface area contributed by atoms with Crippen LogP contribution in [0.1, 0.15) is 52.1 Å². The lowest BCUT2D eigenvalue weighted by Crippen LogP contribution is -2.46. The predicted octanol–water partition coefficient (Wildman–Crippen LogP) is 2.53. The second-order valence-corrected chi connectivity index (χ2v) is 8.58. The van der Waals surface area contributed by atoms with Crippen LogP contribution in [0.5, 0.6) is 0 Å². The van der Waals surface area contributed by atoms with Crippen molar-refractivity contribution in [3.8, 4) is 5.95 Å². The Morgan fingerprint density at radius 2 is 1.91 bits per heavy atom. The standard InChI is InChI=1S/C24H27N5O3/c1-16-19(15-25-29(16)23-26-20-10-6-9-18(20)21(30)27-23)22(31)28-13-11-24(32-2,12-14-28)17-7-4-3-5-8-17/h3-5,7-8,15H,6,9-14H2,1-2H3,(H,26,27,30). The number of hydrogen-bond donors (Lipinski definition) is 1. The minimum Gasteiger partial charge on any atom is -0.373 e.